The number of nitrogens with zero attached hydrogens (tertiary/aromatic N) is 1. The van der Waals surface area contributed by atoms with Crippen LogP contribution in [0, 0.1) is 0 Å². The fourth-order valence-corrected chi connectivity index (χ4v) is 1.65. The van der Waals surface area contributed by atoms with Crippen molar-refractivity contribution in [3.63, 3.8) is 0 Å². The molecule has 0 saturated carbocycles. The molecule has 0 bridgehead atoms. The van der Waals surface area contributed by atoms with Crippen molar-refractivity contribution >= 4 is 21.8 Å². The normalized spacial score (nSPS) is 9.87. The van der Waals surface area contributed by atoms with Gasteiger partial charge in [0.05, 0.1) is 7.11 Å². The number of halogens is 1. The summed E-state index contributed by atoms with van der Waals surface area (Å²) in [6.07, 6.45) is 0. The predicted molar refractivity (Wildman–Crippen MR) is 62.8 cm³/mol. The molecular weight excluding hydrogens is 258 g/mol. The van der Waals surface area contributed by atoms with Crippen LogP contribution in [0.15, 0.2) is 22.7 Å². The lowest BCUT2D eigenvalue weighted by Crippen LogP contribution is -2.23. The Labute approximate surface area is 98.2 Å². The van der Waals surface area contributed by atoms with Gasteiger partial charge in [-0.15, -0.1) is 0 Å². The van der Waals surface area contributed by atoms with Gasteiger partial charge in [0.25, 0.3) is 0 Å². The molecule has 0 N–H and O–H groups in total. The van der Waals surface area contributed by atoms with Crippen molar-refractivity contribution < 1.29 is 9.53 Å². The van der Waals surface area contributed by atoms with Gasteiger partial charge in [-0.05, 0) is 18.2 Å². The maximum atomic E-state index is 11.1. The van der Waals surface area contributed by atoms with Crippen molar-refractivity contribution in [1.82, 2.24) is 4.90 Å². The van der Waals surface area contributed by atoms with E-state index < -0.39 is 0 Å². The Morgan fingerprint density at radius 1 is 1.53 bits per heavy atom. The molecule has 0 fully saturated rings. The van der Waals surface area contributed by atoms with Crippen LogP contribution in [0.1, 0.15) is 12.5 Å². The lowest BCUT2D eigenvalue weighted by atomic mass is 10.2. The summed E-state index contributed by atoms with van der Waals surface area (Å²) in [5.74, 6) is 0.836. The molecule has 3 nitrogen and oxygen atoms in total. The van der Waals surface area contributed by atoms with Crippen molar-refractivity contribution in [1.29, 1.82) is 0 Å². The van der Waals surface area contributed by atoms with Crippen LogP contribution in [0.4, 0.5) is 0 Å². The van der Waals surface area contributed by atoms with E-state index in [-0.39, 0.29) is 5.91 Å². The van der Waals surface area contributed by atoms with E-state index in [1.165, 1.54) is 0 Å². The maximum Gasteiger partial charge on any atom is 0.219 e. The molecule has 0 aliphatic rings. The summed E-state index contributed by atoms with van der Waals surface area (Å²) in [4.78, 5) is 12.7. The van der Waals surface area contributed by atoms with Crippen molar-refractivity contribution in [2.24, 2.45) is 0 Å². The highest BCUT2D eigenvalue weighted by Crippen LogP contribution is 2.23. The van der Waals surface area contributed by atoms with Gasteiger partial charge in [-0.2, -0.15) is 0 Å². The molecule has 0 unspecified atom stereocenters. The first kappa shape index (κ1) is 12.0. The van der Waals surface area contributed by atoms with Gasteiger partial charge in [-0.25, -0.2) is 0 Å². The molecule has 0 aliphatic heterocycles. The van der Waals surface area contributed by atoms with Crippen LogP contribution >= 0.6 is 15.9 Å². The third kappa shape index (κ3) is 3.23. The summed E-state index contributed by atoms with van der Waals surface area (Å²) < 4.78 is 6.20. The number of hydrogen-bond acceptors (Lipinski definition) is 2. The van der Waals surface area contributed by atoms with Gasteiger partial charge in [0.15, 0.2) is 0 Å². The van der Waals surface area contributed by atoms with Gasteiger partial charge in [0, 0.05) is 30.6 Å². The summed E-state index contributed by atoms with van der Waals surface area (Å²) in [6, 6.07) is 5.75. The van der Waals surface area contributed by atoms with Crippen molar-refractivity contribution in [2.45, 2.75) is 13.5 Å². The number of methoxy groups -OCH3 is 1. The molecule has 82 valence electrons. The zero-order valence-corrected chi connectivity index (χ0v) is 10.7. The maximum absolute atomic E-state index is 11.1. The number of amides is 1. The van der Waals surface area contributed by atoms with Crippen LogP contribution in [0.5, 0.6) is 5.75 Å². The average Bonchev–Trinajstić information content (AvgIpc) is 2.18. The first-order valence-corrected chi connectivity index (χ1v) is 5.38. The number of ether oxygens (including phenoxy) is 1. The van der Waals surface area contributed by atoms with Gasteiger partial charge in [0.2, 0.25) is 5.91 Å². The largest absolute Gasteiger partial charge is 0.496 e. The molecule has 0 aliphatic carbocycles. The lowest BCUT2D eigenvalue weighted by Gasteiger charge is -2.17. The van der Waals surface area contributed by atoms with Crippen molar-refractivity contribution in [3.05, 3.63) is 28.2 Å². The Bertz CT molecular complexity index is 366. The van der Waals surface area contributed by atoms with E-state index in [0.29, 0.717) is 6.54 Å². The number of hydrogen-bond donors (Lipinski definition) is 0. The Morgan fingerprint density at radius 2 is 2.20 bits per heavy atom. The van der Waals surface area contributed by atoms with E-state index in [9.17, 15) is 4.79 Å². The molecule has 0 spiro atoms. The van der Waals surface area contributed by atoms with E-state index in [1.807, 2.05) is 18.2 Å². The van der Waals surface area contributed by atoms with Crippen molar-refractivity contribution in [2.75, 3.05) is 14.2 Å². The van der Waals surface area contributed by atoms with Crippen LogP contribution in [-0.4, -0.2) is 25.0 Å². The summed E-state index contributed by atoms with van der Waals surface area (Å²) in [7, 11) is 3.39. The highest BCUT2D eigenvalue weighted by molar-refractivity contribution is 9.10. The highest BCUT2D eigenvalue weighted by Gasteiger charge is 2.08. The van der Waals surface area contributed by atoms with Crippen LogP contribution < -0.4 is 4.74 Å². The molecule has 0 heterocycles. The van der Waals surface area contributed by atoms with Crippen LogP contribution in [0.3, 0.4) is 0 Å². The summed E-state index contributed by atoms with van der Waals surface area (Å²) in [5, 5.41) is 0. The van der Waals surface area contributed by atoms with Crippen molar-refractivity contribution in [3.8, 4) is 5.75 Å². The second-order valence-electron chi connectivity index (χ2n) is 3.33. The molecule has 1 amide bonds. The van der Waals surface area contributed by atoms with Crippen LogP contribution in [-0.2, 0) is 11.3 Å². The third-order valence-corrected chi connectivity index (χ3v) is 2.68. The van der Waals surface area contributed by atoms with E-state index in [4.69, 9.17) is 4.74 Å². The molecule has 15 heavy (non-hydrogen) atoms. The third-order valence-electron chi connectivity index (χ3n) is 2.19. The molecule has 1 aromatic carbocycles. The Balaban J connectivity index is 2.91. The van der Waals surface area contributed by atoms with Gasteiger partial charge in [0.1, 0.15) is 5.75 Å². The molecule has 1 aromatic rings. The standard InChI is InChI=1S/C11H14BrNO2/c1-8(14)13(2)7-9-6-10(12)4-5-11(9)15-3/h4-6H,7H2,1-3H3. The molecule has 4 heteroatoms. The predicted octanol–water partition coefficient (Wildman–Crippen LogP) is 2.44. The zero-order valence-electron chi connectivity index (χ0n) is 9.08. The summed E-state index contributed by atoms with van der Waals surface area (Å²) in [5.41, 5.74) is 0.990. The molecule has 0 radical (unpaired) electrons. The molecule has 1 rings (SSSR count). The number of benzene rings is 1. The number of rotatable bonds is 3. The smallest absolute Gasteiger partial charge is 0.219 e. The van der Waals surface area contributed by atoms with Gasteiger partial charge in [-0.3, -0.25) is 4.79 Å². The highest BCUT2D eigenvalue weighted by atomic mass is 79.9. The second-order valence-corrected chi connectivity index (χ2v) is 4.25. The first-order chi connectivity index (χ1) is 7.04. The summed E-state index contributed by atoms with van der Waals surface area (Å²) in [6.45, 7) is 2.10. The van der Waals surface area contributed by atoms with E-state index in [1.54, 1.807) is 26.0 Å². The zero-order chi connectivity index (χ0) is 11.4. The van der Waals surface area contributed by atoms with Gasteiger partial charge >= 0.3 is 0 Å². The van der Waals surface area contributed by atoms with Crippen LogP contribution in [0.2, 0.25) is 0 Å². The first-order valence-electron chi connectivity index (χ1n) is 4.58. The topological polar surface area (TPSA) is 29.5 Å². The quantitative estimate of drug-likeness (QED) is 0.845. The van der Waals surface area contributed by atoms with Gasteiger partial charge in [-0.1, -0.05) is 15.9 Å². The monoisotopic (exact) mass is 271 g/mol. The number of carbonyl (C=O) groups is 1. The molecular formula is C11H14BrNO2. The minimum Gasteiger partial charge on any atom is -0.496 e. The Morgan fingerprint density at radius 3 is 2.73 bits per heavy atom. The Hall–Kier alpha value is -1.03. The van der Waals surface area contributed by atoms with E-state index in [0.717, 1.165) is 15.8 Å². The summed E-state index contributed by atoms with van der Waals surface area (Å²) >= 11 is 3.39. The van der Waals surface area contributed by atoms with Crippen LogP contribution in [0.25, 0.3) is 0 Å². The SMILES string of the molecule is COc1ccc(Br)cc1CN(C)C(C)=O. The number of carbonyl (C=O) groups excluding carboxylic acids is 1. The van der Waals surface area contributed by atoms with E-state index >= 15 is 0 Å². The minimum absolute atomic E-state index is 0.0389. The molecule has 0 atom stereocenters. The average molecular weight is 272 g/mol. The Kier molecular flexibility index (Phi) is 4.15. The second kappa shape index (κ2) is 5.16. The van der Waals surface area contributed by atoms with Gasteiger partial charge < -0.3 is 9.64 Å². The van der Waals surface area contributed by atoms with E-state index in [2.05, 4.69) is 15.9 Å². The lowest BCUT2D eigenvalue weighted by molar-refractivity contribution is -0.128. The minimum atomic E-state index is 0.0389. The fourth-order valence-electron chi connectivity index (χ4n) is 1.24. The molecule has 0 aromatic heterocycles. The molecule has 0 saturated heterocycles. The fraction of sp³-hybridized carbons (Fsp3) is 0.364.